The Kier molecular flexibility index (Phi) is 5.93. The van der Waals surface area contributed by atoms with Crippen molar-refractivity contribution in [1.82, 2.24) is 35.3 Å². The number of likely N-dealkylation sites (N-methyl/N-ethyl adjacent to an activating group) is 1. The van der Waals surface area contributed by atoms with Crippen LogP contribution in [0, 0.1) is 0 Å². The highest BCUT2D eigenvalue weighted by atomic mass is 16.5. The molecule has 0 fully saturated rings. The quantitative estimate of drug-likeness (QED) is 0.381. The fourth-order valence-electron chi connectivity index (χ4n) is 3.86. The van der Waals surface area contributed by atoms with Crippen LogP contribution in [0.1, 0.15) is 5.56 Å². The molecular formula is C25H25N7O. The van der Waals surface area contributed by atoms with E-state index in [1.165, 1.54) is 0 Å². The standard InChI is InChI=1S/C25H25N7O/c1-26-8-9-32-15-20(13-29-32)19-11-24-23(27-12-19)7-6-22(30-24)21-14-28-31-25(21)18-5-3-4-17(10-18)16-33-2/h3-7,10-15,26H,8-9,16H2,1-2H3,(H,28,31). The Morgan fingerprint density at radius 3 is 2.85 bits per heavy atom. The normalized spacial score (nSPS) is 11.3. The second-order valence-electron chi connectivity index (χ2n) is 7.84. The lowest BCUT2D eigenvalue weighted by atomic mass is 10.0. The summed E-state index contributed by atoms with van der Waals surface area (Å²) in [6, 6.07) is 14.2. The molecule has 0 aliphatic rings. The Balaban J connectivity index is 1.50. The minimum atomic E-state index is 0.557. The number of H-pyrrole nitrogens is 1. The molecule has 0 atom stereocenters. The summed E-state index contributed by atoms with van der Waals surface area (Å²) in [4.78, 5) is 9.54. The summed E-state index contributed by atoms with van der Waals surface area (Å²) in [5.41, 5.74) is 8.43. The van der Waals surface area contributed by atoms with Crippen LogP contribution < -0.4 is 5.32 Å². The van der Waals surface area contributed by atoms with Gasteiger partial charge < -0.3 is 10.1 Å². The summed E-state index contributed by atoms with van der Waals surface area (Å²) < 4.78 is 7.20. The largest absolute Gasteiger partial charge is 0.380 e. The first-order valence-corrected chi connectivity index (χ1v) is 10.8. The van der Waals surface area contributed by atoms with Crippen molar-refractivity contribution in [3.05, 3.63) is 72.8 Å². The fraction of sp³-hybridized carbons (Fsp3) is 0.200. The van der Waals surface area contributed by atoms with Crippen molar-refractivity contribution < 1.29 is 4.74 Å². The predicted octanol–water partition coefficient (Wildman–Crippen LogP) is 3.92. The number of pyridine rings is 2. The first-order chi connectivity index (χ1) is 16.2. The number of benzene rings is 1. The van der Waals surface area contributed by atoms with Gasteiger partial charge in [0.15, 0.2) is 0 Å². The van der Waals surface area contributed by atoms with E-state index in [-0.39, 0.29) is 0 Å². The maximum atomic E-state index is 5.28. The van der Waals surface area contributed by atoms with Crippen molar-refractivity contribution in [3.63, 3.8) is 0 Å². The summed E-state index contributed by atoms with van der Waals surface area (Å²) in [6.45, 7) is 2.24. The topological polar surface area (TPSA) is 93.5 Å². The molecule has 4 aromatic heterocycles. The van der Waals surface area contributed by atoms with E-state index in [0.717, 1.165) is 63.3 Å². The van der Waals surface area contributed by atoms with Gasteiger partial charge in [-0.05, 0) is 36.9 Å². The van der Waals surface area contributed by atoms with Gasteiger partial charge >= 0.3 is 0 Å². The number of ether oxygens (including phenoxy) is 1. The minimum Gasteiger partial charge on any atom is -0.380 e. The van der Waals surface area contributed by atoms with Crippen LogP contribution in [0.5, 0.6) is 0 Å². The lowest BCUT2D eigenvalue weighted by Gasteiger charge is -2.07. The van der Waals surface area contributed by atoms with Gasteiger partial charge in [-0.3, -0.25) is 14.8 Å². The monoisotopic (exact) mass is 439 g/mol. The van der Waals surface area contributed by atoms with Gasteiger partial charge in [0.25, 0.3) is 0 Å². The number of aromatic amines is 1. The molecule has 0 saturated heterocycles. The number of nitrogens with one attached hydrogen (secondary N) is 2. The van der Waals surface area contributed by atoms with Gasteiger partial charge in [-0.25, -0.2) is 4.98 Å². The zero-order chi connectivity index (χ0) is 22.6. The molecule has 0 amide bonds. The molecule has 8 nitrogen and oxygen atoms in total. The van der Waals surface area contributed by atoms with Crippen molar-refractivity contribution in [1.29, 1.82) is 0 Å². The summed E-state index contributed by atoms with van der Waals surface area (Å²) >= 11 is 0. The number of methoxy groups -OCH3 is 1. The van der Waals surface area contributed by atoms with Gasteiger partial charge in [0.1, 0.15) is 5.69 Å². The van der Waals surface area contributed by atoms with Gasteiger partial charge in [-0.1, -0.05) is 18.2 Å². The van der Waals surface area contributed by atoms with E-state index < -0.39 is 0 Å². The summed E-state index contributed by atoms with van der Waals surface area (Å²) in [6.07, 6.45) is 7.65. The van der Waals surface area contributed by atoms with Crippen LogP contribution in [-0.4, -0.2) is 50.6 Å². The first-order valence-electron chi connectivity index (χ1n) is 10.8. The maximum Gasteiger partial charge on any atom is 0.101 e. The number of rotatable bonds is 8. The summed E-state index contributed by atoms with van der Waals surface area (Å²) in [5.74, 6) is 0. The second kappa shape index (κ2) is 9.32. The van der Waals surface area contributed by atoms with Crippen LogP contribution in [0.2, 0.25) is 0 Å². The average molecular weight is 440 g/mol. The van der Waals surface area contributed by atoms with E-state index >= 15 is 0 Å². The third kappa shape index (κ3) is 4.39. The van der Waals surface area contributed by atoms with E-state index in [4.69, 9.17) is 9.72 Å². The Labute approximate surface area is 191 Å². The first kappa shape index (κ1) is 21.0. The van der Waals surface area contributed by atoms with Crippen molar-refractivity contribution >= 4 is 11.0 Å². The molecule has 0 aliphatic heterocycles. The lowest BCUT2D eigenvalue weighted by molar-refractivity contribution is 0.185. The van der Waals surface area contributed by atoms with E-state index in [1.54, 1.807) is 7.11 Å². The van der Waals surface area contributed by atoms with Crippen LogP contribution in [-0.2, 0) is 17.9 Å². The molecule has 4 heterocycles. The second-order valence-corrected chi connectivity index (χ2v) is 7.84. The van der Waals surface area contributed by atoms with E-state index in [9.17, 15) is 0 Å². The highest BCUT2D eigenvalue weighted by Gasteiger charge is 2.14. The van der Waals surface area contributed by atoms with Gasteiger partial charge in [0.2, 0.25) is 0 Å². The highest BCUT2D eigenvalue weighted by molar-refractivity contribution is 5.85. The molecular weight excluding hydrogens is 414 g/mol. The van der Waals surface area contributed by atoms with E-state index in [0.29, 0.717) is 6.61 Å². The van der Waals surface area contributed by atoms with Crippen molar-refractivity contribution in [2.75, 3.05) is 20.7 Å². The molecule has 1 aromatic carbocycles. The molecule has 2 N–H and O–H groups in total. The van der Waals surface area contributed by atoms with Crippen LogP contribution in [0.25, 0.3) is 44.7 Å². The van der Waals surface area contributed by atoms with E-state index in [1.807, 2.05) is 66.8 Å². The Morgan fingerprint density at radius 1 is 1.03 bits per heavy atom. The molecule has 0 saturated carbocycles. The summed E-state index contributed by atoms with van der Waals surface area (Å²) in [7, 11) is 3.63. The number of hydrogen-bond donors (Lipinski definition) is 2. The number of fused-ring (bicyclic) bond motifs is 1. The molecule has 5 rings (SSSR count). The van der Waals surface area contributed by atoms with Gasteiger partial charge in [-0.2, -0.15) is 10.2 Å². The highest BCUT2D eigenvalue weighted by Crippen LogP contribution is 2.31. The Bertz CT molecular complexity index is 1390. The zero-order valence-corrected chi connectivity index (χ0v) is 18.6. The van der Waals surface area contributed by atoms with Crippen LogP contribution in [0.3, 0.4) is 0 Å². The molecule has 0 spiro atoms. The van der Waals surface area contributed by atoms with Crippen LogP contribution in [0.15, 0.2) is 67.3 Å². The number of hydrogen-bond acceptors (Lipinski definition) is 6. The molecule has 0 bridgehead atoms. The zero-order valence-electron chi connectivity index (χ0n) is 18.6. The smallest absolute Gasteiger partial charge is 0.101 e. The van der Waals surface area contributed by atoms with Crippen molar-refractivity contribution in [3.8, 4) is 33.6 Å². The molecule has 166 valence electrons. The van der Waals surface area contributed by atoms with Crippen LogP contribution >= 0.6 is 0 Å². The maximum absolute atomic E-state index is 5.28. The van der Waals surface area contributed by atoms with Crippen LogP contribution in [0.4, 0.5) is 0 Å². The Morgan fingerprint density at radius 2 is 1.97 bits per heavy atom. The summed E-state index contributed by atoms with van der Waals surface area (Å²) in [5, 5.41) is 15.1. The molecule has 0 radical (unpaired) electrons. The predicted molar refractivity (Wildman–Crippen MR) is 128 cm³/mol. The van der Waals surface area contributed by atoms with Crippen molar-refractivity contribution in [2.45, 2.75) is 13.2 Å². The average Bonchev–Trinajstić information content (AvgIpc) is 3.53. The molecule has 5 aromatic rings. The third-order valence-corrected chi connectivity index (χ3v) is 5.52. The molecule has 0 unspecified atom stereocenters. The minimum absolute atomic E-state index is 0.557. The third-order valence-electron chi connectivity index (χ3n) is 5.52. The Hall–Kier alpha value is -3.88. The van der Waals surface area contributed by atoms with E-state index in [2.05, 4.69) is 37.7 Å². The SMILES string of the molecule is CNCCn1cc(-c2cnc3ccc(-c4c[nH]nc4-c4cccc(COC)c4)nc3c2)cn1. The number of aromatic nitrogens is 6. The molecule has 8 heteroatoms. The fourth-order valence-corrected chi connectivity index (χ4v) is 3.86. The van der Waals surface area contributed by atoms with Gasteiger partial charge in [-0.15, -0.1) is 0 Å². The van der Waals surface area contributed by atoms with Crippen molar-refractivity contribution in [2.24, 2.45) is 0 Å². The van der Waals surface area contributed by atoms with Gasteiger partial charge in [0, 0.05) is 54.5 Å². The van der Waals surface area contributed by atoms with Gasteiger partial charge in [0.05, 0.1) is 36.1 Å². The lowest BCUT2D eigenvalue weighted by Crippen LogP contribution is -2.14. The molecule has 33 heavy (non-hydrogen) atoms. The number of nitrogens with zero attached hydrogens (tertiary/aromatic N) is 5. The molecule has 0 aliphatic carbocycles.